The Balaban J connectivity index is 1.94. The average Bonchev–Trinajstić information content (AvgIpc) is 2.80. The maximum Gasteiger partial charge on any atom is 0.339 e. The van der Waals surface area contributed by atoms with Crippen molar-refractivity contribution in [3.8, 4) is 17.6 Å². The van der Waals surface area contributed by atoms with Crippen LogP contribution in [0, 0.1) is 18.3 Å². The molecule has 3 aromatic rings. The van der Waals surface area contributed by atoms with Crippen LogP contribution in [-0.4, -0.2) is 20.9 Å². The van der Waals surface area contributed by atoms with Gasteiger partial charge in [-0.25, -0.2) is 0 Å². The van der Waals surface area contributed by atoms with Crippen LogP contribution in [0.3, 0.4) is 0 Å². The van der Waals surface area contributed by atoms with Gasteiger partial charge in [-0.2, -0.15) is 13.7 Å². The fourth-order valence-electron chi connectivity index (χ4n) is 3.01. The van der Waals surface area contributed by atoms with E-state index in [1.807, 2.05) is 19.1 Å². The highest BCUT2D eigenvalue weighted by atomic mass is 35.5. The number of nitriles is 1. The summed E-state index contributed by atoms with van der Waals surface area (Å²) in [5.74, 6) is -0.804. The molecule has 0 aliphatic rings. The maximum atomic E-state index is 12.7. The van der Waals surface area contributed by atoms with Gasteiger partial charge in [-0.05, 0) is 79.6 Å². The van der Waals surface area contributed by atoms with Gasteiger partial charge in [0.2, 0.25) is 5.75 Å². The predicted molar refractivity (Wildman–Crippen MR) is 135 cm³/mol. The van der Waals surface area contributed by atoms with E-state index >= 15 is 0 Å². The topological polar surface area (TPSA) is 105 Å². The average molecular weight is 531 g/mol. The zero-order valence-corrected chi connectivity index (χ0v) is 21.0. The van der Waals surface area contributed by atoms with E-state index in [9.17, 15) is 18.5 Å². The van der Waals surface area contributed by atoms with Crippen molar-refractivity contribution < 1.29 is 22.1 Å². The normalized spacial score (nSPS) is 11.5. The molecule has 3 rings (SSSR count). The Morgan fingerprint density at radius 1 is 1.11 bits per heavy atom. The van der Waals surface area contributed by atoms with Gasteiger partial charge in [-0.3, -0.25) is 4.79 Å². The van der Waals surface area contributed by atoms with E-state index in [1.165, 1.54) is 42.5 Å². The molecule has 10 heteroatoms. The van der Waals surface area contributed by atoms with Crippen molar-refractivity contribution in [2.45, 2.75) is 18.7 Å². The summed E-state index contributed by atoms with van der Waals surface area (Å²) in [5.41, 5.74) is 1.64. The summed E-state index contributed by atoms with van der Waals surface area (Å²) in [6.07, 6.45) is 1.32. The second kappa shape index (κ2) is 11.3. The molecule has 1 N–H and O–H groups in total. The number of anilines is 1. The zero-order valence-electron chi connectivity index (χ0n) is 18.7. The van der Waals surface area contributed by atoms with Gasteiger partial charge in [0.05, 0.1) is 11.6 Å². The van der Waals surface area contributed by atoms with Crippen molar-refractivity contribution in [1.29, 1.82) is 5.26 Å². The van der Waals surface area contributed by atoms with Gasteiger partial charge in [0.15, 0.2) is 5.75 Å². The number of carbonyl (C=O) groups excluding carboxylic acids is 1. The molecule has 180 valence electrons. The highest BCUT2D eigenvalue weighted by molar-refractivity contribution is 7.87. The Morgan fingerprint density at radius 3 is 2.46 bits per heavy atom. The second-order valence-corrected chi connectivity index (χ2v) is 9.64. The third kappa shape index (κ3) is 6.76. The minimum atomic E-state index is -4.24. The maximum absolute atomic E-state index is 12.7. The van der Waals surface area contributed by atoms with Gasteiger partial charge in [0, 0.05) is 10.7 Å². The van der Waals surface area contributed by atoms with Crippen LogP contribution in [0.25, 0.3) is 6.08 Å². The van der Waals surface area contributed by atoms with Gasteiger partial charge in [0.25, 0.3) is 5.91 Å². The highest BCUT2D eigenvalue weighted by Crippen LogP contribution is 2.39. The number of ether oxygens (including phenoxy) is 1. The molecule has 0 aliphatic heterocycles. The SMILES string of the molecule is CCOc1cc(/C=C(\C#N)C(=O)Nc2cccc(C)c2)cc(Cl)c1OS(=O)(=O)c1ccc(Cl)cc1. The fourth-order valence-corrected chi connectivity index (χ4v) is 4.40. The Morgan fingerprint density at radius 2 is 1.83 bits per heavy atom. The van der Waals surface area contributed by atoms with Crippen molar-refractivity contribution in [3.63, 3.8) is 0 Å². The summed E-state index contributed by atoms with van der Waals surface area (Å²) in [5, 5.41) is 12.5. The lowest BCUT2D eigenvalue weighted by Gasteiger charge is -2.14. The number of rotatable bonds is 8. The standard InChI is InChI=1S/C25H20Cl2N2O5S/c1-3-33-23-14-17(12-18(15-28)25(30)29-20-6-4-5-16(2)11-20)13-22(27)24(23)34-35(31,32)21-9-7-19(26)8-10-21/h4-14H,3H2,1-2H3,(H,29,30)/b18-12+. The van der Waals surface area contributed by atoms with E-state index < -0.39 is 16.0 Å². The van der Waals surface area contributed by atoms with E-state index in [4.69, 9.17) is 32.1 Å². The van der Waals surface area contributed by atoms with E-state index in [2.05, 4.69) is 5.32 Å². The molecule has 0 saturated carbocycles. The molecule has 35 heavy (non-hydrogen) atoms. The zero-order chi connectivity index (χ0) is 25.6. The smallest absolute Gasteiger partial charge is 0.339 e. The first-order chi connectivity index (χ1) is 16.6. The van der Waals surface area contributed by atoms with Crippen LogP contribution in [-0.2, 0) is 14.9 Å². The monoisotopic (exact) mass is 530 g/mol. The molecule has 0 fully saturated rings. The van der Waals surface area contributed by atoms with E-state index in [-0.39, 0.29) is 33.6 Å². The molecule has 0 atom stereocenters. The van der Waals surface area contributed by atoms with Gasteiger partial charge < -0.3 is 14.2 Å². The molecule has 3 aromatic carbocycles. The van der Waals surface area contributed by atoms with Crippen molar-refractivity contribution >= 4 is 51.0 Å². The molecule has 0 aromatic heterocycles. The number of carbonyl (C=O) groups is 1. The van der Waals surface area contributed by atoms with Crippen LogP contribution in [0.15, 0.2) is 71.1 Å². The number of amides is 1. The first-order valence-electron chi connectivity index (χ1n) is 10.3. The van der Waals surface area contributed by atoms with Gasteiger partial charge in [-0.1, -0.05) is 35.3 Å². The lowest BCUT2D eigenvalue weighted by atomic mass is 10.1. The summed E-state index contributed by atoms with van der Waals surface area (Å²) < 4.78 is 36.3. The van der Waals surface area contributed by atoms with E-state index in [1.54, 1.807) is 25.1 Å². The molecular formula is C25H20Cl2N2O5S. The van der Waals surface area contributed by atoms with Crippen molar-refractivity contribution in [1.82, 2.24) is 0 Å². The number of hydrogen-bond acceptors (Lipinski definition) is 6. The van der Waals surface area contributed by atoms with Crippen LogP contribution in [0.2, 0.25) is 10.0 Å². The van der Waals surface area contributed by atoms with E-state index in [0.29, 0.717) is 16.3 Å². The minimum absolute atomic E-state index is 0.0279. The minimum Gasteiger partial charge on any atom is -0.490 e. The predicted octanol–water partition coefficient (Wildman–Crippen LogP) is 6.01. The largest absolute Gasteiger partial charge is 0.490 e. The summed E-state index contributed by atoms with van der Waals surface area (Å²) in [7, 11) is -4.24. The van der Waals surface area contributed by atoms with Crippen molar-refractivity contribution in [2.24, 2.45) is 0 Å². The van der Waals surface area contributed by atoms with Crippen LogP contribution < -0.4 is 14.2 Å². The van der Waals surface area contributed by atoms with Gasteiger partial charge >= 0.3 is 10.1 Å². The molecule has 0 spiro atoms. The Kier molecular flexibility index (Phi) is 8.41. The third-order valence-corrected chi connectivity index (χ3v) is 6.35. The number of benzene rings is 3. The van der Waals surface area contributed by atoms with Crippen LogP contribution >= 0.6 is 23.2 Å². The van der Waals surface area contributed by atoms with Crippen LogP contribution in [0.5, 0.6) is 11.5 Å². The molecule has 0 bridgehead atoms. The molecule has 0 saturated heterocycles. The number of aryl methyl sites for hydroxylation is 1. The number of nitrogens with one attached hydrogen (secondary N) is 1. The fraction of sp³-hybridized carbons (Fsp3) is 0.120. The number of halogens is 2. The quantitative estimate of drug-likeness (QED) is 0.217. The first kappa shape index (κ1) is 26.1. The number of hydrogen-bond donors (Lipinski definition) is 1. The Labute approximate surface area is 213 Å². The van der Waals surface area contributed by atoms with Crippen molar-refractivity contribution in [3.05, 3.63) is 87.4 Å². The molecule has 7 nitrogen and oxygen atoms in total. The van der Waals surface area contributed by atoms with Crippen LogP contribution in [0.1, 0.15) is 18.1 Å². The molecule has 0 unspecified atom stereocenters. The Hall–Kier alpha value is -3.51. The van der Waals surface area contributed by atoms with Gasteiger partial charge in [0.1, 0.15) is 16.5 Å². The molecule has 1 amide bonds. The second-order valence-electron chi connectivity index (χ2n) is 7.25. The van der Waals surface area contributed by atoms with Crippen LogP contribution in [0.4, 0.5) is 5.69 Å². The lowest BCUT2D eigenvalue weighted by molar-refractivity contribution is -0.112. The first-order valence-corrected chi connectivity index (χ1v) is 12.5. The summed E-state index contributed by atoms with van der Waals surface area (Å²) >= 11 is 12.2. The molecule has 0 radical (unpaired) electrons. The van der Waals surface area contributed by atoms with E-state index in [0.717, 1.165) is 5.56 Å². The third-order valence-electron chi connectivity index (χ3n) is 4.58. The number of nitrogens with zero attached hydrogens (tertiary/aromatic N) is 1. The summed E-state index contributed by atoms with van der Waals surface area (Å²) in [6.45, 7) is 3.76. The highest BCUT2D eigenvalue weighted by Gasteiger charge is 2.23. The lowest BCUT2D eigenvalue weighted by Crippen LogP contribution is -2.13. The summed E-state index contributed by atoms with van der Waals surface area (Å²) in [4.78, 5) is 12.5. The van der Waals surface area contributed by atoms with Gasteiger partial charge in [-0.15, -0.1) is 0 Å². The van der Waals surface area contributed by atoms with Crippen molar-refractivity contribution in [2.75, 3.05) is 11.9 Å². The Bertz CT molecular complexity index is 1430. The molecule has 0 heterocycles. The molecular weight excluding hydrogens is 511 g/mol. The molecule has 0 aliphatic carbocycles. The summed E-state index contributed by atoms with van der Waals surface area (Å²) in [6, 6.07) is 17.2.